The van der Waals surface area contributed by atoms with E-state index in [1.807, 2.05) is 0 Å². The second-order valence-corrected chi connectivity index (χ2v) is 10.3. The second-order valence-electron chi connectivity index (χ2n) is 5.94. The number of benzene rings is 1. The van der Waals surface area contributed by atoms with Gasteiger partial charge in [0.25, 0.3) is 5.91 Å². The van der Waals surface area contributed by atoms with E-state index in [-0.39, 0.29) is 23.6 Å². The van der Waals surface area contributed by atoms with Gasteiger partial charge in [0.1, 0.15) is 15.4 Å². The van der Waals surface area contributed by atoms with Crippen LogP contribution in [-0.2, 0) is 24.4 Å². The Hall–Kier alpha value is -1.49. The van der Waals surface area contributed by atoms with Gasteiger partial charge in [-0.15, -0.1) is 0 Å². The Bertz CT molecular complexity index is 812. The number of hydrogen-bond donors (Lipinski definition) is 2. The van der Waals surface area contributed by atoms with Gasteiger partial charge < -0.3 is 15.2 Å². The van der Waals surface area contributed by atoms with E-state index in [9.17, 15) is 26.7 Å². The maximum atomic E-state index is 12.4. The fourth-order valence-corrected chi connectivity index (χ4v) is 4.94. The third-order valence-electron chi connectivity index (χ3n) is 3.64. The number of rotatable bonds is 9. The minimum atomic E-state index is -3.95. The van der Waals surface area contributed by atoms with Gasteiger partial charge in [0, 0.05) is 19.9 Å². The van der Waals surface area contributed by atoms with Crippen molar-refractivity contribution in [3.8, 4) is 0 Å². The monoisotopic (exact) mass is 393 g/mol. The molecule has 25 heavy (non-hydrogen) atoms. The molecule has 0 aliphatic carbocycles. The van der Waals surface area contributed by atoms with Crippen molar-refractivity contribution in [1.29, 1.82) is 0 Å². The van der Waals surface area contributed by atoms with Crippen LogP contribution in [0.5, 0.6) is 0 Å². The number of sulfone groups is 2. The lowest BCUT2D eigenvalue weighted by Gasteiger charge is -2.26. The predicted molar refractivity (Wildman–Crippen MR) is 93.0 cm³/mol. The van der Waals surface area contributed by atoms with E-state index in [4.69, 9.17) is 4.74 Å². The first-order valence-corrected chi connectivity index (χ1v) is 11.1. The van der Waals surface area contributed by atoms with E-state index in [0.717, 1.165) is 6.26 Å². The Morgan fingerprint density at radius 2 is 1.80 bits per heavy atom. The summed E-state index contributed by atoms with van der Waals surface area (Å²) in [6, 6.07) is 5.56. The first-order valence-electron chi connectivity index (χ1n) is 7.38. The van der Waals surface area contributed by atoms with Crippen LogP contribution >= 0.6 is 0 Å². The van der Waals surface area contributed by atoms with Crippen LogP contribution in [0.4, 0.5) is 0 Å². The lowest BCUT2D eigenvalue weighted by molar-refractivity contribution is -0.0348. The molecule has 0 aliphatic rings. The number of hydrogen-bond acceptors (Lipinski definition) is 7. The summed E-state index contributed by atoms with van der Waals surface area (Å²) in [4.78, 5) is 12.1. The molecule has 0 bridgehead atoms. The Labute approximate surface area is 148 Å². The quantitative estimate of drug-likeness (QED) is 0.586. The Balaban J connectivity index is 3.05. The van der Waals surface area contributed by atoms with Crippen LogP contribution in [-0.4, -0.2) is 71.5 Å². The third-order valence-corrected chi connectivity index (χ3v) is 6.61. The summed E-state index contributed by atoms with van der Waals surface area (Å²) in [6.07, 6.45) is 0.946. The van der Waals surface area contributed by atoms with Gasteiger partial charge in [0.15, 0.2) is 9.84 Å². The molecule has 0 heterocycles. The predicted octanol–water partition coefficient (Wildman–Crippen LogP) is -0.368. The summed E-state index contributed by atoms with van der Waals surface area (Å²) >= 11 is 0. The Morgan fingerprint density at radius 3 is 2.32 bits per heavy atom. The van der Waals surface area contributed by atoms with Crippen LogP contribution in [0, 0.1) is 0 Å². The van der Waals surface area contributed by atoms with Gasteiger partial charge in [-0.2, -0.15) is 0 Å². The Kier molecular flexibility index (Phi) is 7.12. The number of carbonyl (C=O) groups is 1. The number of methoxy groups -OCH3 is 1. The van der Waals surface area contributed by atoms with E-state index in [2.05, 4.69) is 5.32 Å². The first kappa shape index (κ1) is 21.6. The number of nitrogens with one attached hydrogen (secondary N) is 1. The lowest BCUT2D eigenvalue weighted by Crippen LogP contribution is -2.45. The molecule has 8 nitrogen and oxygen atoms in total. The number of carbonyl (C=O) groups excluding carboxylic acids is 1. The highest BCUT2D eigenvalue weighted by Gasteiger charge is 2.27. The summed E-state index contributed by atoms with van der Waals surface area (Å²) in [5, 5.41) is 11.8. The van der Waals surface area contributed by atoms with Crippen molar-refractivity contribution < 1.29 is 31.5 Å². The zero-order chi connectivity index (χ0) is 19.3. The van der Waals surface area contributed by atoms with E-state index in [1.54, 1.807) is 6.92 Å². The maximum absolute atomic E-state index is 12.4. The molecule has 0 spiro atoms. The number of ether oxygens (including phenoxy) is 1. The van der Waals surface area contributed by atoms with Crippen molar-refractivity contribution in [2.24, 2.45) is 0 Å². The maximum Gasteiger partial charge on any atom is 0.252 e. The average Bonchev–Trinajstić information content (AvgIpc) is 2.57. The highest BCUT2D eigenvalue weighted by molar-refractivity contribution is 7.94. The normalized spacial score (nSPS) is 14.7. The van der Waals surface area contributed by atoms with Crippen molar-refractivity contribution in [2.45, 2.75) is 17.4 Å². The van der Waals surface area contributed by atoms with Gasteiger partial charge in [-0.05, 0) is 19.1 Å². The molecule has 0 fully saturated rings. The highest BCUT2D eigenvalue weighted by Crippen LogP contribution is 2.18. The van der Waals surface area contributed by atoms with E-state index < -0.39 is 42.7 Å². The summed E-state index contributed by atoms with van der Waals surface area (Å²) in [5.41, 5.74) is -1.09. The minimum Gasteiger partial charge on any atom is -0.393 e. The Morgan fingerprint density at radius 1 is 1.20 bits per heavy atom. The van der Waals surface area contributed by atoms with E-state index in [0.29, 0.717) is 0 Å². The molecule has 1 aromatic rings. The molecule has 0 aromatic heterocycles. The molecule has 0 saturated carbocycles. The second kappa shape index (κ2) is 8.26. The van der Waals surface area contributed by atoms with Gasteiger partial charge in [0.05, 0.1) is 28.6 Å². The largest absolute Gasteiger partial charge is 0.393 e. The smallest absolute Gasteiger partial charge is 0.252 e. The molecule has 2 N–H and O–H groups in total. The summed E-state index contributed by atoms with van der Waals surface area (Å²) < 4.78 is 52.4. The minimum absolute atomic E-state index is 0.0312. The van der Waals surface area contributed by atoms with Crippen molar-refractivity contribution in [3.63, 3.8) is 0 Å². The van der Waals surface area contributed by atoms with Crippen molar-refractivity contribution in [3.05, 3.63) is 29.8 Å². The van der Waals surface area contributed by atoms with E-state index >= 15 is 0 Å². The molecule has 1 atom stereocenters. The SMILES string of the molecule is COC(C)(CO)CNC(=O)c1ccccc1S(=O)(=O)CCS(C)(=O)=O. The van der Waals surface area contributed by atoms with Crippen LogP contribution in [0.25, 0.3) is 0 Å². The average molecular weight is 393 g/mol. The standard InChI is InChI=1S/C15H23NO7S2/c1-15(11-17,23-2)10-16-14(18)12-6-4-5-7-13(12)25(21,22)9-8-24(3,19)20/h4-7,17H,8-11H2,1-3H3,(H,16,18). The van der Waals surface area contributed by atoms with Crippen LogP contribution in [0.3, 0.4) is 0 Å². The summed E-state index contributed by atoms with van der Waals surface area (Å²) in [5.74, 6) is -1.80. The van der Waals surface area contributed by atoms with Gasteiger partial charge in [-0.3, -0.25) is 4.79 Å². The molecular formula is C15H23NO7S2. The molecule has 0 aliphatic heterocycles. The molecule has 1 amide bonds. The van der Waals surface area contributed by atoms with E-state index in [1.165, 1.54) is 31.4 Å². The molecule has 142 valence electrons. The fourth-order valence-electron chi connectivity index (χ4n) is 1.85. The van der Waals surface area contributed by atoms with Crippen LogP contribution in [0.2, 0.25) is 0 Å². The summed E-state index contributed by atoms with van der Waals surface area (Å²) in [6.45, 7) is 1.22. The van der Waals surface area contributed by atoms with Crippen molar-refractivity contribution in [2.75, 3.05) is 38.0 Å². The number of aliphatic hydroxyl groups is 1. The van der Waals surface area contributed by atoms with Crippen LogP contribution in [0.15, 0.2) is 29.2 Å². The van der Waals surface area contributed by atoms with Gasteiger partial charge in [-0.1, -0.05) is 12.1 Å². The van der Waals surface area contributed by atoms with Gasteiger partial charge in [0.2, 0.25) is 0 Å². The first-order chi connectivity index (χ1) is 11.4. The molecule has 0 radical (unpaired) electrons. The number of amides is 1. The van der Waals surface area contributed by atoms with Gasteiger partial charge in [-0.25, -0.2) is 16.8 Å². The highest BCUT2D eigenvalue weighted by atomic mass is 32.2. The summed E-state index contributed by atoms with van der Waals surface area (Å²) in [7, 11) is -6.03. The molecule has 1 aromatic carbocycles. The molecule has 10 heteroatoms. The van der Waals surface area contributed by atoms with Crippen LogP contribution < -0.4 is 5.32 Å². The molecule has 1 unspecified atom stereocenters. The topological polar surface area (TPSA) is 127 Å². The lowest BCUT2D eigenvalue weighted by atomic mass is 10.1. The molecule has 1 rings (SSSR count). The number of aliphatic hydroxyl groups excluding tert-OH is 1. The van der Waals surface area contributed by atoms with Crippen molar-refractivity contribution in [1.82, 2.24) is 5.32 Å². The molecular weight excluding hydrogens is 370 g/mol. The molecule has 0 saturated heterocycles. The third kappa shape index (κ3) is 6.38. The van der Waals surface area contributed by atoms with Gasteiger partial charge >= 0.3 is 0 Å². The zero-order valence-electron chi connectivity index (χ0n) is 14.4. The van der Waals surface area contributed by atoms with Crippen molar-refractivity contribution >= 4 is 25.6 Å². The fraction of sp³-hybridized carbons (Fsp3) is 0.533. The zero-order valence-corrected chi connectivity index (χ0v) is 16.0. The van der Waals surface area contributed by atoms with Crippen LogP contribution in [0.1, 0.15) is 17.3 Å².